The van der Waals surface area contributed by atoms with Crippen LogP contribution in [0, 0.1) is 5.92 Å². The van der Waals surface area contributed by atoms with E-state index in [1.807, 2.05) is 0 Å². The Kier molecular flexibility index (Phi) is 2.67. The van der Waals surface area contributed by atoms with Crippen molar-refractivity contribution in [3.05, 3.63) is 23.9 Å². The summed E-state index contributed by atoms with van der Waals surface area (Å²) in [6.45, 7) is 0. The van der Waals surface area contributed by atoms with Crippen LogP contribution in [0.5, 0.6) is 0 Å². The summed E-state index contributed by atoms with van der Waals surface area (Å²) in [6, 6.07) is 0. The Bertz CT molecular complexity index is 396. The number of rotatable bonds is 2. The van der Waals surface area contributed by atoms with E-state index in [-0.39, 0.29) is 5.92 Å². The second-order valence-electron chi connectivity index (χ2n) is 4.38. The lowest BCUT2D eigenvalue weighted by atomic mass is 9.66. The van der Waals surface area contributed by atoms with E-state index in [0.29, 0.717) is 12.8 Å². The maximum atomic E-state index is 13.0. The van der Waals surface area contributed by atoms with E-state index in [4.69, 9.17) is 5.73 Å². The molecule has 17 heavy (non-hydrogen) atoms. The van der Waals surface area contributed by atoms with Gasteiger partial charge in [-0.1, -0.05) is 6.42 Å². The van der Waals surface area contributed by atoms with Gasteiger partial charge in [-0.25, -0.2) is 0 Å². The van der Waals surface area contributed by atoms with Crippen LogP contribution in [0.3, 0.4) is 0 Å². The topological polar surface area (TPSA) is 55.1 Å². The van der Waals surface area contributed by atoms with E-state index in [0.717, 1.165) is 12.5 Å². The second-order valence-corrected chi connectivity index (χ2v) is 4.38. The lowest BCUT2D eigenvalue weighted by Crippen LogP contribution is -2.64. The molecule has 6 heteroatoms. The summed E-state index contributed by atoms with van der Waals surface area (Å²) < 4.78 is 38.9. The van der Waals surface area contributed by atoms with Crippen molar-refractivity contribution >= 4 is 5.91 Å². The van der Waals surface area contributed by atoms with Crippen molar-refractivity contribution in [1.29, 1.82) is 0 Å². The van der Waals surface area contributed by atoms with Crippen molar-refractivity contribution < 1.29 is 18.0 Å². The van der Waals surface area contributed by atoms with Gasteiger partial charge in [0.1, 0.15) is 5.54 Å². The molecule has 1 amide bonds. The van der Waals surface area contributed by atoms with Crippen LogP contribution in [0.25, 0.3) is 0 Å². The molecule has 0 aromatic rings. The number of amides is 1. The quantitative estimate of drug-likeness (QED) is 0.777. The van der Waals surface area contributed by atoms with Crippen molar-refractivity contribution in [2.24, 2.45) is 11.7 Å². The number of halogens is 3. The predicted molar refractivity (Wildman–Crippen MR) is 55.7 cm³/mol. The fourth-order valence-corrected chi connectivity index (χ4v) is 2.44. The molecule has 0 bridgehead atoms. The van der Waals surface area contributed by atoms with Crippen molar-refractivity contribution in [2.75, 3.05) is 0 Å². The Morgan fingerprint density at radius 3 is 2.53 bits per heavy atom. The highest BCUT2D eigenvalue weighted by molar-refractivity contribution is 5.90. The van der Waals surface area contributed by atoms with Crippen LogP contribution in [0.1, 0.15) is 19.3 Å². The molecule has 0 saturated heterocycles. The number of carbonyl (C=O) groups is 1. The van der Waals surface area contributed by atoms with Gasteiger partial charge < -0.3 is 11.1 Å². The first-order chi connectivity index (χ1) is 7.89. The van der Waals surface area contributed by atoms with Crippen LogP contribution in [-0.4, -0.2) is 17.6 Å². The Hall–Kier alpha value is -1.46. The number of nitrogens with one attached hydrogen (secondary N) is 1. The Morgan fingerprint density at radius 2 is 2.12 bits per heavy atom. The number of primary amides is 1. The zero-order valence-corrected chi connectivity index (χ0v) is 9.05. The molecule has 1 unspecified atom stereocenters. The summed E-state index contributed by atoms with van der Waals surface area (Å²) in [5.74, 6) is -1.34. The van der Waals surface area contributed by atoms with Gasteiger partial charge in [-0.05, 0) is 37.1 Å². The van der Waals surface area contributed by atoms with Crippen molar-refractivity contribution in [3.8, 4) is 0 Å². The highest BCUT2D eigenvalue weighted by atomic mass is 19.4. The Morgan fingerprint density at radius 1 is 1.47 bits per heavy atom. The molecular weight excluding hydrogens is 233 g/mol. The third-order valence-corrected chi connectivity index (χ3v) is 3.51. The first-order valence-corrected chi connectivity index (χ1v) is 5.41. The number of dihydropyridines is 1. The number of carbonyl (C=O) groups excluding carboxylic acids is 1. The van der Waals surface area contributed by atoms with Crippen LogP contribution in [-0.2, 0) is 4.79 Å². The van der Waals surface area contributed by atoms with Crippen molar-refractivity contribution in [2.45, 2.75) is 31.0 Å². The van der Waals surface area contributed by atoms with Gasteiger partial charge in [0.15, 0.2) is 0 Å². The maximum absolute atomic E-state index is 13.0. The van der Waals surface area contributed by atoms with Crippen LogP contribution < -0.4 is 11.1 Å². The van der Waals surface area contributed by atoms with E-state index in [9.17, 15) is 18.0 Å². The molecule has 0 aromatic carbocycles. The Balaban J connectivity index is 2.47. The zero-order valence-electron chi connectivity index (χ0n) is 9.05. The van der Waals surface area contributed by atoms with Gasteiger partial charge in [0.25, 0.3) is 0 Å². The largest absolute Gasteiger partial charge is 0.415 e. The molecule has 1 saturated carbocycles. The van der Waals surface area contributed by atoms with Crippen LogP contribution in [0.2, 0.25) is 0 Å². The molecule has 0 radical (unpaired) electrons. The van der Waals surface area contributed by atoms with Crippen LogP contribution in [0.15, 0.2) is 23.9 Å². The lowest BCUT2D eigenvalue weighted by Gasteiger charge is -2.46. The second kappa shape index (κ2) is 3.78. The average Bonchev–Trinajstić information content (AvgIpc) is 2.13. The van der Waals surface area contributed by atoms with Crippen LogP contribution in [0.4, 0.5) is 13.2 Å². The Labute approximate surface area is 96.5 Å². The van der Waals surface area contributed by atoms with Crippen molar-refractivity contribution in [3.63, 3.8) is 0 Å². The van der Waals surface area contributed by atoms with Gasteiger partial charge in [0.2, 0.25) is 5.91 Å². The minimum absolute atomic E-state index is 0.377. The summed E-state index contributed by atoms with van der Waals surface area (Å²) in [5.41, 5.74) is 2.55. The molecule has 94 valence electrons. The highest BCUT2D eigenvalue weighted by Gasteiger charge is 2.57. The predicted octanol–water partition coefficient (Wildman–Crippen LogP) is 1.62. The smallest absolute Gasteiger partial charge is 0.373 e. The number of hydrogen-bond donors (Lipinski definition) is 2. The SMILES string of the molecule is NC(=O)C1(C2CCC2)NC=CC=C1C(F)(F)F. The molecule has 1 fully saturated rings. The lowest BCUT2D eigenvalue weighted by molar-refractivity contribution is -0.137. The molecule has 2 aliphatic rings. The highest BCUT2D eigenvalue weighted by Crippen LogP contribution is 2.46. The molecular formula is C11H13F3N2O. The van der Waals surface area contributed by atoms with Gasteiger partial charge in [0, 0.05) is 0 Å². The zero-order chi connectivity index (χ0) is 12.7. The molecule has 2 rings (SSSR count). The molecule has 1 aliphatic carbocycles. The maximum Gasteiger partial charge on any atom is 0.415 e. The molecule has 3 N–H and O–H groups in total. The molecule has 3 nitrogen and oxygen atoms in total. The third kappa shape index (κ3) is 1.71. The third-order valence-electron chi connectivity index (χ3n) is 3.51. The van der Waals surface area contributed by atoms with Gasteiger partial charge >= 0.3 is 6.18 Å². The van der Waals surface area contributed by atoms with E-state index in [2.05, 4.69) is 5.32 Å². The number of nitrogens with two attached hydrogens (primary N) is 1. The molecule has 1 heterocycles. The van der Waals surface area contributed by atoms with E-state index in [1.165, 1.54) is 12.3 Å². The van der Waals surface area contributed by atoms with E-state index in [1.54, 1.807) is 0 Å². The summed E-state index contributed by atoms with van der Waals surface area (Å²) >= 11 is 0. The van der Waals surface area contributed by atoms with Gasteiger partial charge in [-0.15, -0.1) is 0 Å². The first kappa shape index (κ1) is 12.0. The molecule has 0 spiro atoms. The number of hydrogen-bond acceptors (Lipinski definition) is 2. The van der Waals surface area contributed by atoms with Gasteiger partial charge in [-0.2, -0.15) is 13.2 Å². The van der Waals surface area contributed by atoms with E-state index >= 15 is 0 Å². The van der Waals surface area contributed by atoms with Crippen molar-refractivity contribution in [1.82, 2.24) is 5.32 Å². The fraction of sp³-hybridized carbons (Fsp3) is 0.545. The fourth-order valence-electron chi connectivity index (χ4n) is 2.44. The summed E-state index contributed by atoms with van der Waals surface area (Å²) in [5, 5.41) is 2.55. The first-order valence-electron chi connectivity index (χ1n) is 5.41. The molecule has 1 atom stereocenters. The normalized spacial score (nSPS) is 29.2. The average molecular weight is 246 g/mol. The summed E-state index contributed by atoms with van der Waals surface area (Å²) in [7, 11) is 0. The van der Waals surface area contributed by atoms with Gasteiger partial charge in [-0.3, -0.25) is 4.79 Å². The van der Waals surface area contributed by atoms with Gasteiger partial charge in [0.05, 0.1) is 5.57 Å². The minimum Gasteiger partial charge on any atom is -0.373 e. The number of alkyl halides is 3. The standard InChI is InChI=1S/C11H13F3N2O/c12-11(13,14)8-5-2-6-16-10(8,9(15)17)7-3-1-4-7/h2,5-7,16H,1,3-4H2,(H2,15,17). The number of allylic oxidation sites excluding steroid dienone is 2. The minimum atomic E-state index is -4.55. The summed E-state index contributed by atoms with van der Waals surface area (Å²) in [4.78, 5) is 11.6. The molecule has 1 aliphatic heterocycles. The van der Waals surface area contributed by atoms with E-state index < -0.39 is 23.2 Å². The molecule has 0 aromatic heterocycles. The summed E-state index contributed by atoms with van der Waals surface area (Å²) in [6.07, 6.45) is 0.952. The van der Waals surface area contributed by atoms with Crippen LogP contribution >= 0.6 is 0 Å². The monoisotopic (exact) mass is 246 g/mol.